The van der Waals surface area contributed by atoms with Crippen LogP contribution in [-0.2, 0) is 19.1 Å². The molecule has 0 aliphatic carbocycles. The van der Waals surface area contributed by atoms with E-state index in [4.69, 9.17) is 9.47 Å². The second-order valence-electron chi connectivity index (χ2n) is 4.86. The largest absolute Gasteiger partial charge is 0.459 e. The Bertz CT molecular complexity index is 299. The van der Waals surface area contributed by atoms with Crippen LogP contribution in [0.5, 0.6) is 0 Å². The average Bonchev–Trinajstić information content (AvgIpc) is 2.23. The predicted octanol–water partition coefficient (Wildman–Crippen LogP) is 2.25. The molecule has 0 saturated carbocycles. The van der Waals surface area contributed by atoms with Gasteiger partial charge in [-0.1, -0.05) is 33.9 Å². The highest BCUT2D eigenvalue weighted by Crippen LogP contribution is 2.22. The summed E-state index contributed by atoms with van der Waals surface area (Å²) in [5.41, 5.74) is -0.0350. The van der Waals surface area contributed by atoms with Crippen molar-refractivity contribution in [3.05, 3.63) is 25.3 Å². The SMILES string of the molecule is C=CC(=O)OCC(CC(C)(C)C)OC(=O)C=C. The maximum absolute atomic E-state index is 11.1. The standard InChI is InChI=1S/C13H20O4/c1-6-11(14)16-9-10(8-13(3,4)5)17-12(15)7-2/h6-7,10H,1-2,8-9H2,3-5H3. The Morgan fingerprint density at radius 3 is 2.12 bits per heavy atom. The molecule has 0 amide bonds. The van der Waals surface area contributed by atoms with Crippen LogP contribution in [0, 0.1) is 5.41 Å². The smallest absolute Gasteiger partial charge is 0.330 e. The van der Waals surface area contributed by atoms with E-state index in [-0.39, 0.29) is 12.0 Å². The number of hydrogen-bond acceptors (Lipinski definition) is 4. The van der Waals surface area contributed by atoms with Gasteiger partial charge in [0.2, 0.25) is 0 Å². The van der Waals surface area contributed by atoms with Crippen molar-refractivity contribution in [3.63, 3.8) is 0 Å². The van der Waals surface area contributed by atoms with Gasteiger partial charge in [-0.25, -0.2) is 9.59 Å². The molecule has 0 aromatic heterocycles. The Morgan fingerprint density at radius 1 is 1.18 bits per heavy atom. The van der Waals surface area contributed by atoms with Gasteiger partial charge in [0, 0.05) is 12.2 Å². The monoisotopic (exact) mass is 240 g/mol. The molecule has 0 radical (unpaired) electrons. The minimum atomic E-state index is -0.529. The summed E-state index contributed by atoms with van der Waals surface area (Å²) in [7, 11) is 0. The van der Waals surface area contributed by atoms with Crippen molar-refractivity contribution in [3.8, 4) is 0 Å². The van der Waals surface area contributed by atoms with Gasteiger partial charge in [0.15, 0.2) is 0 Å². The predicted molar refractivity (Wildman–Crippen MR) is 65.3 cm³/mol. The molecule has 0 aliphatic rings. The molecule has 0 N–H and O–H groups in total. The summed E-state index contributed by atoms with van der Waals surface area (Å²) in [6.07, 6.45) is 2.29. The molecule has 0 aromatic rings. The first-order chi connectivity index (χ1) is 7.78. The maximum atomic E-state index is 11.1. The highest BCUT2D eigenvalue weighted by atomic mass is 16.6. The molecule has 17 heavy (non-hydrogen) atoms. The number of ether oxygens (including phenoxy) is 2. The Labute approximate surface area is 102 Å². The zero-order valence-electron chi connectivity index (χ0n) is 10.7. The van der Waals surface area contributed by atoms with Gasteiger partial charge in [0.05, 0.1) is 0 Å². The summed E-state index contributed by atoms with van der Waals surface area (Å²) in [5.74, 6) is -1.05. The lowest BCUT2D eigenvalue weighted by Gasteiger charge is -2.25. The molecule has 1 atom stereocenters. The number of esters is 2. The second kappa shape index (κ2) is 6.89. The zero-order chi connectivity index (χ0) is 13.5. The van der Waals surface area contributed by atoms with Crippen LogP contribution in [0.1, 0.15) is 27.2 Å². The normalized spacial score (nSPS) is 12.4. The Morgan fingerprint density at radius 2 is 1.71 bits per heavy atom. The Hall–Kier alpha value is -1.58. The van der Waals surface area contributed by atoms with E-state index in [1.165, 1.54) is 0 Å². The third-order valence-corrected chi connectivity index (χ3v) is 1.87. The molecule has 4 nitrogen and oxygen atoms in total. The van der Waals surface area contributed by atoms with Crippen molar-refractivity contribution < 1.29 is 19.1 Å². The van der Waals surface area contributed by atoms with Crippen molar-refractivity contribution in [2.75, 3.05) is 6.61 Å². The highest BCUT2D eigenvalue weighted by Gasteiger charge is 2.22. The molecule has 0 aliphatic heterocycles. The highest BCUT2D eigenvalue weighted by molar-refractivity contribution is 5.82. The van der Waals surface area contributed by atoms with Crippen LogP contribution in [0.25, 0.3) is 0 Å². The molecule has 0 heterocycles. The van der Waals surface area contributed by atoms with Gasteiger partial charge in [0.25, 0.3) is 0 Å². The van der Waals surface area contributed by atoms with Crippen LogP contribution in [0.3, 0.4) is 0 Å². The number of rotatable bonds is 6. The Balaban J connectivity index is 4.39. The summed E-state index contributed by atoms with van der Waals surface area (Å²) in [6.45, 7) is 12.7. The number of carbonyl (C=O) groups is 2. The first kappa shape index (κ1) is 15.4. The second-order valence-corrected chi connectivity index (χ2v) is 4.86. The van der Waals surface area contributed by atoms with E-state index >= 15 is 0 Å². The van der Waals surface area contributed by atoms with Gasteiger partial charge in [-0.2, -0.15) is 0 Å². The third kappa shape index (κ3) is 8.25. The van der Waals surface area contributed by atoms with Crippen molar-refractivity contribution in [1.82, 2.24) is 0 Å². The quantitative estimate of drug-likeness (QED) is 0.528. The van der Waals surface area contributed by atoms with E-state index in [1.807, 2.05) is 20.8 Å². The van der Waals surface area contributed by atoms with Gasteiger partial charge in [-0.15, -0.1) is 0 Å². The molecule has 0 rings (SSSR count). The molecular formula is C13H20O4. The minimum absolute atomic E-state index is 0.0295. The maximum Gasteiger partial charge on any atom is 0.330 e. The van der Waals surface area contributed by atoms with Crippen molar-refractivity contribution in [2.24, 2.45) is 5.41 Å². The lowest BCUT2D eigenvalue weighted by Crippen LogP contribution is -2.28. The van der Waals surface area contributed by atoms with Crippen LogP contribution >= 0.6 is 0 Å². The van der Waals surface area contributed by atoms with Crippen LogP contribution in [0.2, 0.25) is 0 Å². The van der Waals surface area contributed by atoms with Crippen molar-refractivity contribution in [1.29, 1.82) is 0 Å². The number of carbonyl (C=O) groups excluding carboxylic acids is 2. The van der Waals surface area contributed by atoms with Crippen molar-refractivity contribution in [2.45, 2.75) is 33.3 Å². The van der Waals surface area contributed by atoms with Gasteiger partial charge >= 0.3 is 11.9 Å². The van der Waals surface area contributed by atoms with E-state index in [0.29, 0.717) is 6.42 Å². The van der Waals surface area contributed by atoms with E-state index in [2.05, 4.69) is 13.2 Å². The first-order valence-electron chi connectivity index (χ1n) is 5.40. The fraction of sp³-hybridized carbons (Fsp3) is 0.538. The topological polar surface area (TPSA) is 52.6 Å². The van der Waals surface area contributed by atoms with Crippen LogP contribution in [-0.4, -0.2) is 24.6 Å². The fourth-order valence-electron chi connectivity index (χ4n) is 1.26. The molecule has 96 valence electrons. The van der Waals surface area contributed by atoms with Gasteiger partial charge < -0.3 is 9.47 Å². The third-order valence-electron chi connectivity index (χ3n) is 1.87. The summed E-state index contributed by atoms with van der Waals surface area (Å²) < 4.78 is 9.98. The molecule has 1 unspecified atom stereocenters. The molecule has 4 heteroatoms. The molecule has 0 aromatic carbocycles. The summed E-state index contributed by atoms with van der Waals surface area (Å²) in [6, 6.07) is 0. The zero-order valence-corrected chi connectivity index (χ0v) is 10.7. The number of hydrogen-bond donors (Lipinski definition) is 0. The van der Waals surface area contributed by atoms with E-state index in [0.717, 1.165) is 12.2 Å². The van der Waals surface area contributed by atoms with Gasteiger partial charge in [-0.05, 0) is 11.8 Å². The lowest BCUT2D eigenvalue weighted by atomic mass is 9.89. The molecule has 0 spiro atoms. The molecule has 0 bridgehead atoms. The van der Waals surface area contributed by atoms with Gasteiger partial charge in [-0.3, -0.25) is 0 Å². The molecular weight excluding hydrogens is 220 g/mol. The summed E-state index contributed by atoms with van der Waals surface area (Å²) >= 11 is 0. The lowest BCUT2D eigenvalue weighted by molar-refractivity contribution is -0.154. The van der Waals surface area contributed by atoms with Crippen LogP contribution < -0.4 is 0 Å². The van der Waals surface area contributed by atoms with Crippen LogP contribution in [0.15, 0.2) is 25.3 Å². The first-order valence-corrected chi connectivity index (χ1v) is 5.40. The summed E-state index contributed by atoms with van der Waals surface area (Å²) in [5, 5.41) is 0. The average molecular weight is 240 g/mol. The van der Waals surface area contributed by atoms with E-state index < -0.39 is 18.0 Å². The minimum Gasteiger partial charge on any atom is -0.459 e. The molecule has 0 saturated heterocycles. The van der Waals surface area contributed by atoms with Crippen LogP contribution in [0.4, 0.5) is 0 Å². The van der Waals surface area contributed by atoms with Gasteiger partial charge in [0.1, 0.15) is 12.7 Å². The van der Waals surface area contributed by atoms with Crippen molar-refractivity contribution >= 4 is 11.9 Å². The van der Waals surface area contributed by atoms with E-state index in [9.17, 15) is 9.59 Å². The van der Waals surface area contributed by atoms with E-state index in [1.54, 1.807) is 0 Å². The fourth-order valence-corrected chi connectivity index (χ4v) is 1.26. The summed E-state index contributed by atoms with van der Waals surface area (Å²) in [4.78, 5) is 22.1. The Kier molecular flexibility index (Phi) is 6.25. The molecule has 0 fully saturated rings.